The number of hydrogen-bond donors (Lipinski definition) is 1. The highest BCUT2D eigenvalue weighted by Gasteiger charge is 2.20. The topological polar surface area (TPSA) is 21.3 Å². The number of nitrogens with one attached hydrogen (secondary N) is 1. The molecular weight excluding hydrogens is 198 g/mol. The first-order chi connectivity index (χ1) is 7.79. The molecule has 2 atom stereocenters. The van der Waals surface area contributed by atoms with Crippen molar-refractivity contribution in [3.8, 4) is 5.75 Å². The van der Waals surface area contributed by atoms with Crippen molar-refractivity contribution < 1.29 is 4.74 Å². The Kier molecular flexibility index (Phi) is 3.83. The van der Waals surface area contributed by atoms with Gasteiger partial charge in [0, 0.05) is 6.54 Å². The van der Waals surface area contributed by atoms with Crippen LogP contribution < -0.4 is 10.1 Å². The van der Waals surface area contributed by atoms with Gasteiger partial charge in [0.05, 0.1) is 6.61 Å². The molecule has 16 heavy (non-hydrogen) atoms. The molecule has 1 saturated heterocycles. The summed E-state index contributed by atoms with van der Waals surface area (Å²) in [6, 6.07) is 8.53. The molecule has 2 rings (SSSR count). The second-order valence-corrected chi connectivity index (χ2v) is 4.70. The lowest BCUT2D eigenvalue weighted by atomic mass is 9.86. The summed E-state index contributed by atoms with van der Waals surface area (Å²) in [7, 11) is 0. The third-order valence-corrected chi connectivity index (χ3v) is 3.21. The summed E-state index contributed by atoms with van der Waals surface area (Å²) in [6.07, 6.45) is 1.28. The zero-order valence-electron chi connectivity index (χ0n) is 10.2. The van der Waals surface area contributed by atoms with E-state index in [1.165, 1.54) is 12.0 Å². The Morgan fingerprint density at radius 2 is 2.25 bits per heavy atom. The molecule has 0 radical (unpaired) electrons. The predicted molar refractivity (Wildman–Crippen MR) is 67.0 cm³/mol. The van der Waals surface area contributed by atoms with Crippen molar-refractivity contribution in [3.63, 3.8) is 0 Å². The SMILES string of the molecule is CCOc1cccc(C2CNCC(C)C2)c1. The Hall–Kier alpha value is -1.02. The van der Waals surface area contributed by atoms with E-state index < -0.39 is 0 Å². The molecule has 2 nitrogen and oxygen atoms in total. The third-order valence-electron chi connectivity index (χ3n) is 3.21. The van der Waals surface area contributed by atoms with Crippen LogP contribution in [0.15, 0.2) is 24.3 Å². The van der Waals surface area contributed by atoms with Crippen molar-refractivity contribution in [2.75, 3.05) is 19.7 Å². The molecule has 0 aromatic heterocycles. The largest absolute Gasteiger partial charge is 0.494 e. The number of hydrogen-bond acceptors (Lipinski definition) is 2. The lowest BCUT2D eigenvalue weighted by Gasteiger charge is -2.28. The summed E-state index contributed by atoms with van der Waals surface area (Å²) >= 11 is 0. The highest BCUT2D eigenvalue weighted by molar-refractivity contribution is 5.31. The van der Waals surface area contributed by atoms with Crippen LogP contribution in [-0.4, -0.2) is 19.7 Å². The van der Waals surface area contributed by atoms with E-state index in [4.69, 9.17) is 4.74 Å². The van der Waals surface area contributed by atoms with Crippen LogP contribution in [0.1, 0.15) is 31.7 Å². The standard InChI is InChI=1S/C14H21NO/c1-3-16-14-6-4-5-12(8-14)13-7-11(2)9-15-10-13/h4-6,8,11,13,15H,3,7,9-10H2,1-2H3. The number of rotatable bonds is 3. The normalized spacial score (nSPS) is 25.4. The molecule has 1 fully saturated rings. The maximum Gasteiger partial charge on any atom is 0.119 e. The van der Waals surface area contributed by atoms with Gasteiger partial charge in [-0.1, -0.05) is 19.1 Å². The fourth-order valence-corrected chi connectivity index (χ4v) is 2.44. The first-order valence-corrected chi connectivity index (χ1v) is 6.23. The lowest BCUT2D eigenvalue weighted by Crippen LogP contribution is -2.33. The molecule has 0 aliphatic carbocycles. The van der Waals surface area contributed by atoms with Gasteiger partial charge in [-0.3, -0.25) is 0 Å². The summed E-state index contributed by atoms with van der Waals surface area (Å²) < 4.78 is 5.54. The molecule has 1 aliphatic rings. The van der Waals surface area contributed by atoms with Gasteiger partial charge in [0.25, 0.3) is 0 Å². The summed E-state index contributed by atoms with van der Waals surface area (Å²) in [6.45, 7) is 7.33. The molecule has 2 unspecified atom stereocenters. The van der Waals surface area contributed by atoms with Crippen LogP contribution in [0.2, 0.25) is 0 Å². The van der Waals surface area contributed by atoms with Crippen LogP contribution in [0.25, 0.3) is 0 Å². The molecule has 0 saturated carbocycles. The molecule has 1 heterocycles. The number of benzene rings is 1. The minimum atomic E-state index is 0.643. The smallest absolute Gasteiger partial charge is 0.119 e. The van der Waals surface area contributed by atoms with Gasteiger partial charge in [0.15, 0.2) is 0 Å². The van der Waals surface area contributed by atoms with Crippen LogP contribution >= 0.6 is 0 Å². The average molecular weight is 219 g/mol. The zero-order valence-corrected chi connectivity index (χ0v) is 10.2. The zero-order chi connectivity index (χ0) is 11.4. The van der Waals surface area contributed by atoms with Crippen molar-refractivity contribution in [2.45, 2.75) is 26.2 Å². The molecular formula is C14H21NO. The lowest BCUT2D eigenvalue weighted by molar-refractivity contribution is 0.336. The molecule has 88 valence electrons. The third kappa shape index (κ3) is 2.76. The number of piperidine rings is 1. The fraction of sp³-hybridized carbons (Fsp3) is 0.571. The summed E-state index contributed by atoms with van der Waals surface area (Å²) in [5.74, 6) is 2.41. The average Bonchev–Trinajstić information content (AvgIpc) is 2.30. The van der Waals surface area contributed by atoms with Crippen molar-refractivity contribution in [3.05, 3.63) is 29.8 Å². The molecule has 0 amide bonds. The second-order valence-electron chi connectivity index (χ2n) is 4.70. The molecule has 1 N–H and O–H groups in total. The first-order valence-electron chi connectivity index (χ1n) is 6.23. The minimum absolute atomic E-state index is 0.643. The Labute approximate surface area is 98.0 Å². The molecule has 1 aliphatic heterocycles. The van der Waals surface area contributed by atoms with Gasteiger partial charge in [-0.25, -0.2) is 0 Å². The Bertz CT molecular complexity index is 337. The Morgan fingerprint density at radius 3 is 3.00 bits per heavy atom. The van der Waals surface area contributed by atoms with Crippen LogP contribution in [0.3, 0.4) is 0 Å². The molecule has 2 heteroatoms. The summed E-state index contributed by atoms with van der Waals surface area (Å²) in [5.41, 5.74) is 1.41. The predicted octanol–water partition coefficient (Wildman–Crippen LogP) is 2.80. The van der Waals surface area contributed by atoms with Crippen molar-refractivity contribution in [2.24, 2.45) is 5.92 Å². The van der Waals surface area contributed by atoms with Gasteiger partial charge in [-0.2, -0.15) is 0 Å². The minimum Gasteiger partial charge on any atom is -0.494 e. The second kappa shape index (κ2) is 5.35. The first kappa shape index (κ1) is 11.5. The Balaban J connectivity index is 2.09. The number of ether oxygens (including phenoxy) is 1. The van der Waals surface area contributed by atoms with E-state index in [9.17, 15) is 0 Å². The van der Waals surface area contributed by atoms with Crippen molar-refractivity contribution in [1.29, 1.82) is 0 Å². The highest BCUT2D eigenvalue weighted by atomic mass is 16.5. The quantitative estimate of drug-likeness (QED) is 0.844. The molecule has 0 spiro atoms. The maximum absolute atomic E-state index is 5.54. The van der Waals surface area contributed by atoms with E-state index in [1.807, 2.05) is 13.0 Å². The summed E-state index contributed by atoms with van der Waals surface area (Å²) in [5, 5.41) is 3.49. The summed E-state index contributed by atoms with van der Waals surface area (Å²) in [4.78, 5) is 0. The van der Waals surface area contributed by atoms with E-state index in [-0.39, 0.29) is 0 Å². The van der Waals surface area contributed by atoms with Gasteiger partial charge >= 0.3 is 0 Å². The van der Waals surface area contributed by atoms with Gasteiger partial charge in [-0.15, -0.1) is 0 Å². The van der Waals surface area contributed by atoms with Gasteiger partial charge in [0.2, 0.25) is 0 Å². The van der Waals surface area contributed by atoms with E-state index in [1.54, 1.807) is 0 Å². The van der Waals surface area contributed by atoms with Gasteiger partial charge in [-0.05, 0) is 49.4 Å². The van der Waals surface area contributed by atoms with Crippen LogP contribution in [0.4, 0.5) is 0 Å². The fourth-order valence-electron chi connectivity index (χ4n) is 2.44. The van der Waals surface area contributed by atoms with E-state index in [0.29, 0.717) is 5.92 Å². The van der Waals surface area contributed by atoms with Crippen molar-refractivity contribution in [1.82, 2.24) is 5.32 Å². The Morgan fingerprint density at radius 1 is 1.38 bits per heavy atom. The van der Waals surface area contributed by atoms with Crippen LogP contribution in [0.5, 0.6) is 5.75 Å². The molecule has 0 bridgehead atoms. The van der Waals surface area contributed by atoms with Crippen molar-refractivity contribution >= 4 is 0 Å². The molecule has 1 aromatic rings. The molecule has 1 aromatic carbocycles. The maximum atomic E-state index is 5.54. The monoisotopic (exact) mass is 219 g/mol. The highest BCUT2D eigenvalue weighted by Crippen LogP contribution is 2.28. The van der Waals surface area contributed by atoms with E-state index >= 15 is 0 Å². The van der Waals surface area contributed by atoms with Gasteiger partial charge < -0.3 is 10.1 Å². The van der Waals surface area contributed by atoms with Gasteiger partial charge in [0.1, 0.15) is 5.75 Å². The van der Waals surface area contributed by atoms with E-state index in [0.717, 1.165) is 31.4 Å². The van der Waals surface area contributed by atoms with Crippen LogP contribution in [0, 0.1) is 5.92 Å². The van der Waals surface area contributed by atoms with E-state index in [2.05, 4.69) is 30.4 Å². The van der Waals surface area contributed by atoms with Crippen LogP contribution in [-0.2, 0) is 0 Å².